The molecule has 0 saturated carbocycles. The van der Waals surface area contributed by atoms with Crippen LogP contribution >= 0.6 is 0 Å². The maximum Gasteiger partial charge on any atom is 0.339 e. The van der Waals surface area contributed by atoms with E-state index in [2.05, 4.69) is 15.6 Å². The van der Waals surface area contributed by atoms with Gasteiger partial charge >= 0.3 is 5.97 Å². The molecule has 1 saturated heterocycles. The van der Waals surface area contributed by atoms with Crippen LogP contribution < -0.4 is 10.6 Å². The van der Waals surface area contributed by atoms with Crippen LogP contribution in [0.5, 0.6) is 0 Å². The van der Waals surface area contributed by atoms with Gasteiger partial charge in [0.1, 0.15) is 5.82 Å². The zero-order valence-electron chi connectivity index (χ0n) is 14.6. The van der Waals surface area contributed by atoms with Crippen LogP contribution in [0.1, 0.15) is 27.1 Å². The van der Waals surface area contributed by atoms with Gasteiger partial charge in [-0.1, -0.05) is 12.1 Å². The van der Waals surface area contributed by atoms with Crippen molar-refractivity contribution in [2.75, 3.05) is 29.2 Å². The van der Waals surface area contributed by atoms with Gasteiger partial charge < -0.3 is 15.4 Å². The van der Waals surface area contributed by atoms with Crippen molar-refractivity contribution in [3.05, 3.63) is 53.7 Å². The number of nitrogens with zero attached hydrogens (tertiary/aromatic N) is 1. The molecule has 27 heavy (non-hydrogen) atoms. The third-order valence-corrected chi connectivity index (χ3v) is 5.96. The molecule has 3 rings (SSSR count). The Labute approximate surface area is 156 Å². The lowest BCUT2D eigenvalue weighted by Crippen LogP contribution is -2.22. The summed E-state index contributed by atoms with van der Waals surface area (Å²) in [6.45, 7) is 0. The van der Waals surface area contributed by atoms with Crippen molar-refractivity contribution in [2.24, 2.45) is 0 Å². The second-order valence-corrected chi connectivity index (χ2v) is 8.39. The molecular formula is C18H19N3O5S. The Morgan fingerprint density at radius 3 is 2.70 bits per heavy atom. The van der Waals surface area contributed by atoms with Crippen LogP contribution in [0.2, 0.25) is 0 Å². The minimum atomic E-state index is -3.01. The third-order valence-electron chi connectivity index (χ3n) is 4.19. The van der Waals surface area contributed by atoms with Gasteiger partial charge in [0.15, 0.2) is 9.84 Å². The summed E-state index contributed by atoms with van der Waals surface area (Å²) in [5.74, 6) is -0.348. The van der Waals surface area contributed by atoms with Gasteiger partial charge in [0, 0.05) is 17.8 Å². The van der Waals surface area contributed by atoms with Crippen LogP contribution in [-0.2, 0) is 14.6 Å². The zero-order valence-corrected chi connectivity index (χ0v) is 15.5. The number of anilines is 2. The van der Waals surface area contributed by atoms with E-state index in [1.54, 1.807) is 30.3 Å². The Balaban J connectivity index is 1.74. The molecule has 8 nitrogen and oxygen atoms in total. The number of para-hydroxylation sites is 1. The quantitative estimate of drug-likeness (QED) is 0.748. The molecule has 1 aromatic carbocycles. The zero-order chi connectivity index (χ0) is 19.4. The second kappa shape index (κ2) is 7.75. The third kappa shape index (κ3) is 4.62. The largest absolute Gasteiger partial charge is 0.465 e. The Kier molecular flexibility index (Phi) is 5.41. The molecule has 0 bridgehead atoms. The van der Waals surface area contributed by atoms with E-state index in [9.17, 15) is 18.0 Å². The van der Waals surface area contributed by atoms with E-state index in [-0.39, 0.29) is 23.1 Å². The van der Waals surface area contributed by atoms with Gasteiger partial charge in [0.25, 0.3) is 5.91 Å². The lowest BCUT2D eigenvalue weighted by atomic mass is 10.1. The number of methoxy groups -OCH3 is 1. The average Bonchev–Trinajstić information content (AvgIpc) is 3.00. The van der Waals surface area contributed by atoms with E-state index >= 15 is 0 Å². The molecule has 1 aliphatic rings. The summed E-state index contributed by atoms with van der Waals surface area (Å²) >= 11 is 0. The molecule has 2 aromatic rings. The van der Waals surface area contributed by atoms with Crippen molar-refractivity contribution in [2.45, 2.75) is 12.5 Å². The van der Waals surface area contributed by atoms with Gasteiger partial charge in [0.2, 0.25) is 0 Å². The molecule has 0 spiro atoms. The number of nitrogens with one attached hydrogen (secondary N) is 2. The summed E-state index contributed by atoms with van der Waals surface area (Å²) in [6.07, 6.45) is 1.97. The van der Waals surface area contributed by atoms with Gasteiger partial charge in [0.05, 0.1) is 29.9 Å². The van der Waals surface area contributed by atoms with E-state index in [1.165, 1.54) is 19.4 Å². The van der Waals surface area contributed by atoms with Crippen molar-refractivity contribution in [3.8, 4) is 0 Å². The lowest BCUT2D eigenvalue weighted by Gasteiger charge is -2.13. The number of benzene rings is 1. The van der Waals surface area contributed by atoms with E-state index in [1.807, 2.05) is 0 Å². The first-order chi connectivity index (χ1) is 12.9. The van der Waals surface area contributed by atoms with Gasteiger partial charge in [-0.15, -0.1) is 0 Å². The molecular weight excluding hydrogens is 370 g/mol. The summed E-state index contributed by atoms with van der Waals surface area (Å²) in [6, 6.07) is 9.39. The number of sulfone groups is 1. The minimum Gasteiger partial charge on any atom is -0.465 e. The minimum absolute atomic E-state index is 0.0532. The lowest BCUT2D eigenvalue weighted by molar-refractivity contribution is 0.0602. The van der Waals surface area contributed by atoms with Gasteiger partial charge in [-0.3, -0.25) is 4.79 Å². The number of ether oxygens (including phenoxy) is 1. The van der Waals surface area contributed by atoms with Crippen LogP contribution in [0.25, 0.3) is 0 Å². The van der Waals surface area contributed by atoms with Crippen molar-refractivity contribution < 1.29 is 22.7 Å². The number of carbonyl (C=O) groups excluding carboxylic acids is 2. The number of pyridine rings is 1. The van der Waals surface area contributed by atoms with E-state index in [4.69, 9.17) is 4.74 Å². The molecule has 1 aliphatic heterocycles. The predicted molar refractivity (Wildman–Crippen MR) is 101 cm³/mol. The molecule has 1 atom stereocenters. The number of rotatable bonds is 5. The highest BCUT2D eigenvalue weighted by Gasteiger charge is 2.28. The summed E-state index contributed by atoms with van der Waals surface area (Å²) in [7, 11) is -1.74. The molecule has 1 unspecified atom stereocenters. The van der Waals surface area contributed by atoms with Crippen molar-refractivity contribution >= 4 is 33.2 Å². The number of amides is 1. The van der Waals surface area contributed by atoms with Crippen molar-refractivity contribution in [1.82, 2.24) is 4.98 Å². The van der Waals surface area contributed by atoms with Crippen LogP contribution in [0.4, 0.5) is 11.5 Å². The fourth-order valence-corrected chi connectivity index (χ4v) is 4.52. The molecule has 1 amide bonds. The summed E-state index contributed by atoms with van der Waals surface area (Å²) in [5.41, 5.74) is 0.910. The van der Waals surface area contributed by atoms with Gasteiger partial charge in [-0.05, 0) is 30.7 Å². The van der Waals surface area contributed by atoms with Crippen molar-refractivity contribution in [3.63, 3.8) is 0 Å². The molecule has 9 heteroatoms. The summed E-state index contributed by atoms with van der Waals surface area (Å²) in [5, 5.41) is 5.73. The SMILES string of the molecule is COC(=O)c1ccccc1NC(=O)c1ccnc(NC2CCS(=O)(=O)C2)c1. The Hall–Kier alpha value is -2.94. The molecule has 0 radical (unpaired) electrons. The van der Waals surface area contributed by atoms with E-state index in [0.29, 0.717) is 23.5 Å². The number of esters is 1. The van der Waals surface area contributed by atoms with Crippen LogP contribution in [-0.4, -0.2) is 49.9 Å². The molecule has 0 aliphatic carbocycles. The Morgan fingerprint density at radius 2 is 2.00 bits per heavy atom. The Morgan fingerprint density at radius 1 is 1.22 bits per heavy atom. The molecule has 142 valence electrons. The molecule has 2 heterocycles. The monoisotopic (exact) mass is 389 g/mol. The highest BCUT2D eigenvalue weighted by atomic mass is 32.2. The standard InChI is InChI=1S/C18H19N3O5S/c1-26-18(23)14-4-2-3-5-15(14)21-17(22)12-6-8-19-16(10-12)20-13-7-9-27(24,25)11-13/h2-6,8,10,13H,7,9,11H2,1H3,(H,19,20)(H,21,22). The molecule has 1 fully saturated rings. The highest BCUT2D eigenvalue weighted by molar-refractivity contribution is 7.91. The fourth-order valence-electron chi connectivity index (χ4n) is 2.84. The van der Waals surface area contributed by atoms with Gasteiger partial charge in [-0.25, -0.2) is 18.2 Å². The topological polar surface area (TPSA) is 114 Å². The van der Waals surface area contributed by atoms with Crippen LogP contribution in [0.15, 0.2) is 42.6 Å². The Bertz CT molecular complexity index is 974. The first kappa shape index (κ1) is 18.8. The van der Waals surface area contributed by atoms with Crippen LogP contribution in [0.3, 0.4) is 0 Å². The maximum absolute atomic E-state index is 12.6. The maximum atomic E-state index is 12.6. The summed E-state index contributed by atoms with van der Waals surface area (Å²) < 4.78 is 27.8. The number of carbonyl (C=O) groups is 2. The number of hydrogen-bond donors (Lipinski definition) is 2. The smallest absolute Gasteiger partial charge is 0.339 e. The highest BCUT2D eigenvalue weighted by Crippen LogP contribution is 2.19. The summed E-state index contributed by atoms with van der Waals surface area (Å²) in [4.78, 5) is 28.5. The first-order valence-corrected chi connectivity index (χ1v) is 10.1. The van der Waals surface area contributed by atoms with Gasteiger partial charge in [-0.2, -0.15) is 0 Å². The number of hydrogen-bond acceptors (Lipinski definition) is 7. The van der Waals surface area contributed by atoms with E-state index in [0.717, 1.165) is 0 Å². The second-order valence-electron chi connectivity index (χ2n) is 6.17. The normalized spacial score (nSPS) is 17.9. The number of aromatic nitrogens is 1. The fraction of sp³-hybridized carbons (Fsp3) is 0.278. The predicted octanol–water partition coefficient (Wildman–Crippen LogP) is 1.72. The molecule has 2 N–H and O–H groups in total. The van der Waals surface area contributed by atoms with E-state index < -0.39 is 21.7 Å². The first-order valence-electron chi connectivity index (χ1n) is 8.29. The average molecular weight is 389 g/mol. The van der Waals surface area contributed by atoms with Crippen LogP contribution in [0, 0.1) is 0 Å². The van der Waals surface area contributed by atoms with Crippen molar-refractivity contribution in [1.29, 1.82) is 0 Å². The molecule has 1 aromatic heterocycles.